The summed E-state index contributed by atoms with van der Waals surface area (Å²) in [5, 5.41) is 0. The standard InChI is InChI=1S/C21H22N2O4/c1-13-10-18(14(2)22(13)11-15-6-5-9-27-15)19(24)12-23-20(25)16-7-3-4-8-17(16)21(23)26/h3-4,7-8,10,15H,5-6,9,11-12H2,1-2H3/t15-/m1/s1. The molecule has 0 aliphatic carbocycles. The van der Waals surface area contributed by atoms with E-state index in [1.165, 1.54) is 0 Å². The number of aromatic nitrogens is 1. The lowest BCUT2D eigenvalue weighted by Gasteiger charge is -2.15. The van der Waals surface area contributed by atoms with Gasteiger partial charge in [0.25, 0.3) is 11.8 Å². The number of fused-ring (bicyclic) bond motifs is 1. The van der Waals surface area contributed by atoms with E-state index in [0.29, 0.717) is 16.7 Å². The Labute approximate surface area is 157 Å². The van der Waals surface area contributed by atoms with Gasteiger partial charge in [-0.25, -0.2) is 0 Å². The van der Waals surface area contributed by atoms with Gasteiger partial charge in [0, 0.05) is 30.1 Å². The quantitative estimate of drug-likeness (QED) is 0.603. The second kappa shape index (κ2) is 6.78. The number of aryl methyl sites for hydroxylation is 1. The van der Waals surface area contributed by atoms with E-state index >= 15 is 0 Å². The maximum absolute atomic E-state index is 12.9. The fourth-order valence-corrected chi connectivity index (χ4v) is 3.97. The number of Topliss-reactive ketones (excluding diaryl/α,β-unsaturated/α-hetero) is 1. The summed E-state index contributed by atoms with van der Waals surface area (Å²) < 4.78 is 7.79. The molecule has 27 heavy (non-hydrogen) atoms. The van der Waals surface area contributed by atoms with Crippen LogP contribution < -0.4 is 0 Å². The molecule has 0 bridgehead atoms. The van der Waals surface area contributed by atoms with Crippen LogP contribution in [0.5, 0.6) is 0 Å². The molecule has 0 spiro atoms. The number of ketones is 1. The molecular formula is C21H22N2O4. The Balaban J connectivity index is 1.54. The van der Waals surface area contributed by atoms with Crippen LogP contribution in [0.4, 0.5) is 0 Å². The second-order valence-electron chi connectivity index (χ2n) is 7.20. The minimum absolute atomic E-state index is 0.175. The molecule has 6 nitrogen and oxygen atoms in total. The number of nitrogens with zero attached hydrogens (tertiary/aromatic N) is 2. The molecule has 0 unspecified atom stereocenters. The zero-order chi connectivity index (χ0) is 19.1. The predicted octanol–water partition coefficient (Wildman–Crippen LogP) is 2.76. The number of rotatable bonds is 5. The Bertz CT molecular complexity index is 903. The Hall–Kier alpha value is -2.73. The predicted molar refractivity (Wildman–Crippen MR) is 99.0 cm³/mol. The lowest BCUT2D eigenvalue weighted by molar-refractivity contribution is 0.0624. The highest BCUT2D eigenvalue weighted by molar-refractivity contribution is 6.23. The summed E-state index contributed by atoms with van der Waals surface area (Å²) in [6.07, 6.45) is 2.26. The SMILES string of the molecule is Cc1cc(C(=O)CN2C(=O)c3ccccc3C2=O)c(C)n1C[C@H]1CCCO1. The zero-order valence-corrected chi connectivity index (χ0v) is 15.5. The maximum atomic E-state index is 12.9. The molecule has 1 saturated heterocycles. The molecule has 0 radical (unpaired) electrons. The Morgan fingerprint density at radius 3 is 2.41 bits per heavy atom. The highest BCUT2D eigenvalue weighted by atomic mass is 16.5. The zero-order valence-electron chi connectivity index (χ0n) is 15.5. The van der Waals surface area contributed by atoms with Crippen LogP contribution in [0.2, 0.25) is 0 Å². The van der Waals surface area contributed by atoms with Gasteiger partial charge in [-0.15, -0.1) is 0 Å². The highest BCUT2D eigenvalue weighted by Crippen LogP contribution is 2.24. The fourth-order valence-electron chi connectivity index (χ4n) is 3.97. The van der Waals surface area contributed by atoms with Crippen molar-refractivity contribution in [2.45, 2.75) is 39.3 Å². The van der Waals surface area contributed by atoms with Crippen molar-refractivity contribution < 1.29 is 19.1 Å². The number of carbonyl (C=O) groups excluding carboxylic acids is 3. The topological polar surface area (TPSA) is 68.6 Å². The Morgan fingerprint density at radius 1 is 1.15 bits per heavy atom. The summed E-state index contributed by atoms with van der Waals surface area (Å²) in [6, 6.07) is 8.51. The molecule has 1 fully saturated rings. The van der Waals surface area contributed by atoms with Gasteiger partial charge in [0.05, 0.1) is 23.8 Å². The summed E-state index contributed by atoms with van der Waals surface area (Å²) in [6.45, 7) is 5.13. The average Bonchev–Trinajstić information content (AvgIpc) is 3.34. The molecule has 4 rings (SSSR count). The number of imide groups is 1. The molecular weight excluding hydrogens is 344 g/mol. The van der Waals surface area contributed by atoms with Gasteiger partial charge in [0.15, 0.2) is 5.78 Å². The number of hydrogen-bond acceptors (Lipinski definition) is 4. The van der Waals surface area contributed by atoms with E-state index in [0.717, 1.165) is 42.3 Å². The van der Waals surface area contributed by atoms with Gasteiger partial charge >= 0.3 is 0 Å². The van der Waals surface area contributed by atoms with E-state index in [-0.39, 0.29) is 18.4 Å². The molecule has 2 amide bonds. The van der Waals surface area contributed by atoms with Crippen molar-refractivity contribution >= 4 is 17.6 Å². The van der Waals surface area contributed by atoms with Gasteiger partial charge in [0.1, 0.15) is 0 Å². The van der Waals surface area contributed by atoms with Gasteiger partial charge in [-0.1, -0.05) is 12.1 Å². The minimum atomic E-state index is -0.405. The summed E-state index contributed by atoms with van der Waals surface area (Å²) in [4.78, 5) is 38.9. The molecule has 2 aliphatic heterocycles. The number of hydrogen-bond donors (Lipinski definition) is 0. The molecule has 6 heteroatoms. The molecule has 0 N–H and O–H groups in total. The van der Waals surface area contributed by atoms with Gasteiger partial charge < -0.3 is 9.30 Å². The number of benzene rings is 1. The number of amides is 2. The van der Waals surface area contributed by atoms with Gasteiger partial charge in [0.2, 0.25) is 0 Å². The first-order chi connectivity index (χ1) is 13.0. The number of carbonyl (C=O) groups is 3. The second-order valence-corrected chi connectivity index (χ2v) is 7.20. The first-order valence-electron chi connectivity index (χ1n) is 9.24. The molecule has 2 aliphatic rings. The molecule has 140 valence electrons. The Morgan fingerprint density at radius 2 is 1.81 bits per heavy atom. The van der Waals surface area contributed by atoms with Gasteiger partial charge in [-0.3, -0.25) is 19.3 Å². The Kier molecular flexibility index (Phi) is 4.44. The largest absolute Gasteiger partial charge is 0.376 e. The van der Waals surface area contributed by atoms with Crippen molar-refractivity contribution in [1.82, 2.24) is 9.47 Å². The van der Waals surface area contributed by atoms with Gasteiger partial charge in [-0.2, -0.15) is 0 Å². The van der Waals surface area contributed by atoms with Crippen molar-refractivity contribution in [3.8, 4) is 0 Å². The van der Waals surface area contributed by atoms with Crippen molar-refractivity contribution in [2.75, 3.05) is 13.2 Å². The fraction of sp³-hybridized carbons (Fsp3) is 0.381. The lowest BCUT2D eigenvalue weighted by Crippen LogP contribution is -2.35. The van der Waals surface area contributed by atoms with Crippen molar-refractivity contribution in [3.05, 3.63) is 58.4 Å². The van der Waals surface area contributed by atoms with Crippen molar-refractivity contribution in [1.29, 1.82) is 0 Å². The van der Waals surface area contributed by atoms with Crippen LogP contribution >= 0.6 is 0 Å². The molecule has 2 aromatic rings. The molecule has 1 aromatic heterocycles. The average molecular weight is 366 g/mol. The van der Waals surface area contributed by atoms with E-state index in [4.69, 9.17) is 4.74 Å². The van der Waals surface area contributed by atoms with Crippen molar-refractivity contribution in [2.24, 2.45) is 0 Å². The van der Waals surface area contributed by atoms with E-state index in [9.17, 15) is 14.4 Å². The highest BCUT2D eigenvalue weighted by Gasteiger charge is 2.36. The van der Waals surface area contributed by atoms with Crippen LogP contribution in [-0.4, -0.2) is 46.3 Å². The summed E-state index contributed by atoms with van der Waals surface area (Å²) >= 11 is 0. The van der Waals surface area contributed by atoms with Crippen LogP contribution in [0.3, 0.4) is 0 Å². The summed E-state index contributed by atoms with van der Waals surface area (Å²) in [5.74, 6) is -1.04. The normalized spacial score (nSPS) is 19.0. The molecule has 0 saturated carbocycles. The third-order valence-electron chi connectivity index (χ3n) is 5.46. The van der Waals surface area contributed by atoms with E-state index < -0.39 is 11.8 Å². The van der Waals surface area contributed by atoms with E-state index in [2.05, 4.69) is 4.57 Å². The third-order valence-corrected chi connectivity index (χ3v) is 5.46. The molecule has 1 atom stereocenters. The van der Waals surface area contributed by atoms with Crippen molar-refractivity contribution in [3.63, 3.8) is 0 Å². The number of ether oxygens (including phenoxy) is 1. The monoisotopic (exact) mass is 366 g/mol. The third kappa shape index (κ3) is 3.00. The van der Waals surface area contributed by atoms with Gasteiger partial charge in [-0.05, 0) is 44.9 Å². The first kappa shape index (κ1) is 17.7. The van der Waals surface area contributed by atoms with E-state index in [1.54, 1.807) is 24.3 Å². The van der Waals surface area contributed by atoms with Crippen LogP contribution in [0, 0.1) is 13.8 Å². The van der Waals surface area contributed by atoms with Crippen LogP contribution in [0.15, 0.2) is 30.3 Å². The smallest absolute Gasteiger partial charge is 0.261 e. The van der Waals surface area contributed by atoms with Crippen LogP contribution in [0.25, 0.3) is 0 Å². The molecule has 3 heterocycles. The van der Waals surface area contributed by atoms with E-state index in [1.807, 2.05) is 19.9 Å². The lowest BCUT2D eigenvalue weighted by atomic mass is 10.1. The van der Waals surface area contributed by atoms with Crippen LogP contribution in [-0.2, 0) is 11.3 Å². The molecule has 1 aromatic carbocycles. The summed E-state index contributed by atoms with van der Waals surface area (Å²) in [5.41, 5.74) is 3.11. The first-order valence-corrected chi connectivity index (χ1v) is 9.24. The van der Waals surface area contributed by atoms with Crippen LogP contribution in [0.1, 0.15) is 55.3 Å². The summed E-state index contributed by atoms with van der Waals surface area (Å²) in [7, 11) is 0. The maximum Gasteiger partial charge on any atom is 0.261 e. The minimum Gasteiger partial charge on any atom is -0.376 e.